The number of aromatic nitrogens is 1. The molecule has 1 aliphatic heterocycles. The molecule has 0 saturated carbocycles. The average Bonchev–Trinajstić information content (AvgIpc) is 2.84. The van der Waals surface area contributed by atoms with Crippen LogP contribution in [0.25, 0.3) is 0 Å². The van der Waals surface area contributed by atoms with E-state index in [0.717, 1.165) is 25.2 Å². The topological polar surface area (TPSA) is 37.3 Å². The molecule has 0 aliphatic carbocycles. The summed E-state index contributed by atoms with van der Waals surface area (Å²) in [5.41, 5.74) is 0.770. The van der Waals surface area contributed by atoms with Crippen molar-refractivity contribution in [2.45, 2.75) is 12.5 Å². The van der Waals surface area contributed by atoms with E-state index in [1.165, 1.54) is 0 Å². The van der Waals surface area contributed by atoms with E-state index in [-0.39, 0.29) is 5.91 Å². The van der Waals surface area contributed by atoms with Crippen LogP contribution in [0.2, 0.25) is 0 Å². The molecule has 0 spiro atoms. The van der Waals surface area contributed by atoms with E-state index in [0.29, 0.717) is 6.04 Å². The molecule has 0 aromatic carbocycles. The lowest BCUT2D eigenvalue weighted by Crippen LogP contribution is -2.34. The Hall–Kier alpha value is -1.29. The zero-order valence-corrected chi connectivity index (χ0v) is 9.23. The van der Waals surface area contributed by atoms with Crippen molar-refractivity contribution in [3.63, 3.8) is 0 Å². The predicted octanol–water partition coefficient (Wildman–Crippen LogP) is 0.459. The second-order valence-corrected chi connectivity index (χ2v) is 4.03. The normalized spacial score (nSPS) is 20.9. The third-order valence-corrected chi connectivity index (χ3v) is 3.05. The van der Waals surface area contributed by atoms with Crippen molar-refractivity contribution in [1.82, 2.24) is 14.8 Å². The van der Waals surface area contributed by atoms with Gasteiger partial charge in [-0.25, -0.2) is 0 Å². The molecular weight excluding hydrogens is 190 g/mol. The number of carbonyl (C=O) groups excluding carboxylic acids is 1. The largest absolute Gasteiger partial charge is 0.347 e. The summed E-state index contributed by atoms with van der Waals surface area (Å²) < 4.78 is 1.87. The summed E-state index contributed by atoms with van der Waals surface area (Å²) in [4.78, 5) is 14.0. The van der Waals surface area contributed by atoms with E-state index >= 15 is 0 Å². The summed E-state index contributed by atoms with van der Waals surface area (Å²) in [6.07, 6.45) is 2.95. The van der Waals surface area contributed by atoms with Crippen LogP contribution in [0.15, 0.2) is 18.3 Å². The highest BCUT2D eigenvalue weighted by atomic mass is 16.2. The Labute approximate surface area is 89.9 Å². The lowest BCUT2D eigenvalue weighted by molar-refractivity contribution is 0.0780. The summed E-state index contributed by atoms with van der Waals surface area (Å²) in [7, 11) is 3.85. The molecule has 1 N–H and O–H groups in total. The maximum absolute atomic E-state index is 12.1. The van der Waals surface area contributed by atoms with E-state index in [9.17, 15) is 4.79 Å². The van der Waals surface area contributed by atoms with Gasteiger partial charge in [0.15, 0.2) is 0 Å². The number of hydrogen-bond acceptors (Lipinski definition) is 2. The Morgan fingerprint density at radius 1 is 1.60 bits per heavy atom. The van der Waals surface area contributed by atoms with Gasteiger partial charge in [-0.15, -0.1) is 0 Å². The highest BCUT2D eigenvalue weighted by molar-refractivity contribution is 5.93. The van der Waals surface area contributed by atoms with Crippen molar-refractivity contribution in [2.75, 3.05) is 20.1 Å². The lowest BCUT2D eigenvalue weighted by Gasteiger charge is -2.16. The fourth-order valence-electron chi connectivity index (χ4n) is 2.03. The number of nitrogens with zero attached hydrogens (tertiary/aromatic N) is 2. The molecule has 1 saturated heterocycles. The Morgan fingerprint density at radius 3 is 2.93 bits per heavy atom. The van der Waals surface area contributed by atoms with Crippen molar-refractivity contribution < 1.29 is 4.79 Å². The third-order valence-electron chi connectivity index (χ3n) is 3.05. The average molecular weight is 207 g/mol. The molecule has 1 aromatic rings. The molecule has 1 fully saturated rings. The van der Waals surface area contributed by atoms with Crippen LogP contribution in [-0.2, 0) is 7.05 Å². The number of amides is 1. The van der Waals surface area contributed by atoms with Crippen LogP contribution >= 0.6 is 0 Å². The van der Waals surface area contributed by atoms with Crippen LogP contribution in [-0.4, -0.2) is 41.6 Å². The summed E-state index contributed by atoms with van der Waals surface area (Å²) in [6.45, 7) is 1.68. The highest BCUT2D eigenvalue weighted by Gasteiger charge is 2.26. The first-order valence-corrected chi connectivity index (χ1v) is 5.30. The van der Waals surface area contributed by atoms with E-state index in [1.54, 1.807) is 0 Å². The Balaban J connectivity index is 2.07. The predicted molar refractivity (Wildman–Crippen MR) is 58.8 cm³/mol. The van der Waals surface area contributed by atoms with Crippen LogP contribution in [0.3, 0.4) is 0 Å². The van der Waals surface area contributed by atoms with E-state index in [2.05, 4.69) is 5.32 Å². The fourth-order valence-corrected chi connectivity index (χ4v) is 2.03. The zero-order chi connectivity index (χ0) is 10.8. The summed E-state index contributed by atoms with van der Waals surface area (Å²) >= 11 is 0. The third kappa shape index (κ3) is 1.90. The van der Waals surface area contributed by atoms with Gasteiger partial charge >= 0.3 is 0 Å². The first kappa shape index (κ1) is 10.2. The molecule has 1 atom stereocenters. The summed E-state index contributed by atoms with van der Waals surface area (Å²) in [5.74, 6) is 0.139. The van der Waals surface area contributed by atoms with Crippen LogP contribution in [0.4, 0.5) is 0 Å². The quantitative estimate of drug-likeness (QED) is 0.765. The molecule has 0 radical (unpaired) electrons. The Morgan fingerprint density at radius 2 is 2.40 bits per heavy atom. The minimum Gasteiger partial charge on any atom is -0.347 e. The number of nitrogens with one attached hydrogen (secondary N) is 1. The van der Waals surface area contributed by atoms with Crippen LogP contribution < -0.4 is 5.32 Å². The van der Waals surface area contributed by atoms with Crippen molar-refractivity contribution in [2.24, 2.45) is 7.05 Å². The SMILES string of the molecule is CNC1CCN(C(=O)c2cccn2C)C1. The van der Waals surface area contributed by atoms with Gasteiger partial charge < -0.3 is 14.8 Å². The summed E-state index contributed by atoms with van der Waals surface area (Å²) in [5, 5.41) is 3.21. The van der Waals surface area contributed by atoms with Crippen LogP contribution in [0.1, 0.15) is 16.9 Å². The van der Waals surface area contributed by atoms with Gasteiger partial charge in [0.05, 0.1) is 0 Å². The minimum atomic E-state index is 0.139. The van der Waals surface area contributed by atoms with E-state index in [4.69, 9.17) is 0 Å². The van der Waals surface area contributed by atoms with E-state index < -0.39 is 0 Å². The lowest BCUT2D eigenvalue weighted by atomic mass is 10.3. The van der Waals surface area contributed by atoms with Gasteiger partial charge in [0.1, 0.15) is 5.69 Å². The Kier molecular flexibility index (Phi) is 2.77. The van der Waals surface area contributed by atoms with Crippen molar-refractivity contribution in [1.29, 1.82) is 0 Å². The Bertz CT molecular complexity index is 358. The second kappa shape index (κ2) is 4.06. The number of aryl methyl sites for hydroxylation is 1. The number of rotatable bonds is 2. The van der Waals surface area contributed by atoms with Crippen molar-refractivity contribution in [3.05, 3.63) is 24.0 Å². The molecule has 82 valence electrons. The van der Waals surface area contributed by atoms with Crippen molar-refractivity contribution in [3.8, 4) is 0 Å². The van der Waals surface area contributed by atoms with Gasteiger partial charge in [-0.3, -0.25) is 4.79 Å². The van der Waals surface area contributed by atoms with Gasteiger partial charge in [0.25, 0.3) is 5.91 Å². The smallest absolute Gasteiger partial charge is 0.270 e. The monoisotopic (exact) mass is 207 g/mol. The molecule has 1 amide bonds. The molecule has 1 aromatic heterocycles. The molecule has 15 heavy (non-hydrogen) atoms. The minimum absolute atomic E-state index is 0.139. The molecule has 2 rings (SSSR count). The van der Waals surface area contributed by atoms with Crippen LogP contribution in [0, 0.1) is 0 Å². The zero-order valence-electron chi connectivity index (χ0n) is 9.23. The fraction of sp³-hybridized carbons (Fsp3) is 0.545. The van der Waals surface area contributed by atoms with Gasteiger partial charge in [-0.05, 0) is 25.6 Å². The standard InChI is InChI=1S/C11H17N3O/c1-12-9-5-7-14(8-9)11(15)10-4-3-6-13(10)2/h3-4,6,9,12H,5,7-8H2,1-2H3. The highest BCUT2D eigenvalue weighted by Crippen LogP contribution is 2.13. The van der Waals surface area contributed by atoms with Gasteiger partial charge in [0, 0.05) is 32.4 Å². The molecule has 4 heteroatoms. The first-order valence-electron chi connectivity index (χ1n) is 5.30. The van der Waals surface area contributed by atoms with Gasteiger partial charge in [-0.1, -0.05) is 0 Å². The number of carbonyl (C=O) groups is 1. The summed E-state index contributed by atoms with van der Waals surface area (Å²) in [6, 6.07) is 4.22. The van der Waals surface area contributed by atoms with E-state index in [1.807, 2.05) is 41.9 Å². The first-order chi connectivity index (χ1) is 7.22. The second-order valence-electron chi connectivity index (χ2n) is 4.03. The molecule has 4 nitrogen and oxygen atoms in total. The maximum atomic E-state index is 12.1. The molecule has 1 aliphatic rings. The van der Waals surface area contributed by atoms with Crippen LogP contribution in [0.5, 0.6) is 0 Å². The molecule has 1 unspecified atom stereocenters. The number of likely N-dealkylation sites (tertiary alicyclic amines) is 1. The number of likely N-dealkylation sites (N-methyl/N-ethyl adjacent to an activating group) is 1. The van der Waals surface area contributed by atoms with Gasteiger partial charge in [0.2, 0.25) is 0 Å². The molecular formula is C11H17N3O. The molecule has 0 bridgehead atoms. The molecule has 2 heterocycles. The van der Waals surface area contributed by atoms with Crippen molar-refractivity contribution >= 4 is 5.91 Å². The number of hydrogen-bond donors (Lipinski definition) is 1. The maximum Gasteiger partial charge on any atom is 0.270 e. The van der Waals surface area contributed by atoms with Gasteiger partial charge in [-0.2, -0.15) is 0 Å².